The summed E-state index contributed by atoms with van der Waals surface area (Å²) in [4.78, 5) is 24.7. The summed E-state index contributed by atoms with van der Waals surface area (Å²) < 4.78 is 0. The van der Waals surface area contributed by atoms with Crippen molar-refractivity contribution in [3.05, 3.63) is 41.0 Å². The molecule has 3 heteroatoms. The second-order valence-electron chi connectivity index (χ2n) is 8.76. The Hall–Kier alpha value is -1.90. The maximum atomic E-state index is 12.4. The number of aliphatic hydroxyl groups excluding tert-OH is 1. The first-order valence-corrected chi connectivity index (χ1v) is 10.8. The van der Waals surface area contributed by atoms with Crippen LogP contribution in [-0.4, -0.2) is 16.7 Å². The van der Waals surface area contributed by atoms with Crippen LogP contribution in [0.25, 0.3) is 5.76 Å². The smallest absolute Gasteiger partial charge is 0.234 e. The molecule has 27 heavy (non-hydrogen) atoms. The van der Waals surface area contributed by atoms with Gasteiger partial charge in [-0.15, -0.1) is 0 Å². The van der Waals surface area contributed by atoms with Crippen LogP contribution in [0.15, 0.2) is 29.8 Å². The van der Waals surface area contributed by atoms with Crippen molar-refractivity contribution in [2.75, 3.05) is 0 Å². The lowest BCUT2D eigenvalue weighted by atomic mass is 9.67. The largest absolute Gasteiger partial charge is 0.507 e. The van der Waals surface area contributed by atoms with Gasteiger partial charge in [-0.1, -0.05) is 69.2 Å². The van der Waals surface area contributed by atoms with Gasteiger partial charge in [-0.3, -0.25) is 9.59 Å². The molecule has 3 aliphatic carbocycles. The first-order valence-electron chi connectivity index (χ1n) is 10.8. The van der Waals surface area contributed by atoms with E-state index in [9.17, 15) is 14.7 Å². The molecule has 0 heterocycles. The molecular formula is C24H30O3. The number of rotatable bonds is 5. The second kappa shape index (κ2) is 8.00. The third kappa shape index (κ3) is 3.74. The van der Waals surface area contributed by atoms with E-state index in [0.29, 0.717) is 23.1 Å². The third-order valence-corrected chi connectivity index (χ3v) is 7.13. The molecule has 4 rings (SSSR count). The molecule has 0 amide bonds. The van der Waals surface area contributed by atoms with Gasteiger partial charge < -0.3 is 5.11 Å². The Bertz CT molecular complexity index is 761. The van der Waals surface area contributed by atoms with Crippen molar-refractivity contribution < 1.29 is 14.7 Å². The highest BCUT2D eigenvalue weighted by Crippen LogP contribution is 2.44. The minimum Gasteiger partial charge on any atom is -0.507 e. The van der Waals surface area contributed by atoms with Gasteiger partial charge in [0.25, 0.3) is 0 Å². The number of allylic oxidation sites excluding steroid dienone is 1. The number of unbranched alkanes of at least 4 members (excludes halogenated alkanes) is 1. The second-order valence-corrected chi connectivity index (χ2v) is 8.76. The van der Waals surface area contributed by atoms with Crippen molar-refractivity contribution in [1.82, 2.24) is 0 Å². The molecule has 0 spiro atoms. The lowest BCUT2D eigenvalue weighted by Crippen LogP contribution is -2.27. The number of Topliss-reactive ketones (excluding diaryl/α,β-unsaturated/α-hetero) is 2. The van der Waals surface area contributed by atoms with Crippen molar-refractivity contribution in [1.29, 1.82) is 0 Å². The van der Waals surface area contributed by atoms with Crippen molar-refractivity contribution >= 4 is 17.3 Å². The van der Waals surface area contributed by atoms with Crippen LogP contribution < -0.4 is 0 Å². The standard InChI is InChI=1S/C24H30O3/c25-22-19-10-5-6-11-20(19)23(26)24(27)21(22)12-4-1-7-16-13-14-17-8-2-3-9-18(17)15-16/h5-6,10-11,16-18,25H,1-4,7-9,12-15H2/t16-,17-,18-/m1/s1. The van der Waals surface area contributed by atoms with Crippen LogP contribution in [0.3, 0.4) is 0 Å². The molecular weight excluding hydrogens is 336 g/mol. The van der Waals surface area contributed by atoms with E-state index in [1.807, 2.05) is 0 Å². The number of benzene rings is 1. The van der Waals surface area contributed by atoms with Crippen molar-refractivity contribution in [3.8, 4) is 0 Å². The first-order chi connectivity index (χ1) is 13.1. The predicted molar refractivity (Wildman–Crippen MR) is 107 cm³/mol. The topological polar surface area (TPSA) is 54.4 Å². The van der Waals surface area contributed by atoms with Crippen LogP contribution in [-0.2, 0) is 4.79 Å². The molecule has 1 N–H and O–H groups in total. The number of ketones is 2. The average Bonchev–Trinajstić information content (AvgIpc) is 2.71. The molecule has 144 valence electrons. The highest BCUT2D eigenvalue weighted by atomic mass is 16.3. The fraction of sp³-hybridized carbons (Fsp3) is 0.583. The quantitative estimate of drug-likeness (QED) is 0.522. The number of hydrogen-bond donors (Lipinski definition) is 1. The normalized spacial score (nSPS) is 28.1. The Labute approximate surface area is 161 Å². The zero-order chi connectivity index (χ0) is 18.8. The molecule has 3 atom stereocenters. The molecule has 1 aromatic rings. The zero-order valence-corrected chi connectivity index (χ0v) is 16.1. The predicted octanol–water partition coefficient (Wildman–Crippen LogP) is 5.89. The van der Waals surface area contributed by atoms with Gasteiger partial charge in [0.2, 0.25) is 11.6 Å². The van der Waals surface area contributed by atoms with Gasteiger partial charge in [-0.25, -0.2) is 0 Å². The van der Waals surface area contributed by atoms with Gasteiger partial charge in [0, 0.05) is 16.7 Å². The summed E-state index contributed by atoms with van der Waals surface area (Å²) in [7, 11) is 0. The van der Waals surface area contributed by atoms with E-state index in [1.54, 1.807) is 24.3 Å². The van der Waals surface area contributed by atoms with Crippen molar-refractivity contribution in [3.63, 3.8) is 0 Å². The number of carbonyl (C=O) groups is 2. The summed E-state index contributed by atoms with van der Waals surface area (Å²) in [6, 6.07) is 6.85. The fourth-order valence-corrected chi connectivity index (χ4v) is 5.62. The van der Waals surface area contributed by atoms with E-state index in [1.165, 1.54) is 51.4 Å². The summed E-state index contributed by atoms with van der Waals surface area (Å²) in [5.41, 5.74) is 1.15. The van der Waals surface area contributed by atoms with E-state index < -0.39 is 11.6 Å². The average molecular weight is 367 g/mol. The lowest BCUT2D eigenvalue weighted by Gasteiger charge is -2.39. The maximum absolute atomic E-state index is 12.4. The van der Waals surface area contributed by atoms with Gasteiger partial charge in [0.15, 0.2) is 0 Å². The zero-order valence-electron chi connectivity index (χ0n) is 16.1. The fourth-order valence-electron chi connectivity index (χ4n) is 5.62. The number of aliphatic hydroxyl groups is 1. The van der Waals surface area contributed by atoms with Gasteiger partial charge >= 0.3 is 0 Å². The molecule has 1 aromatic carbocycles. The lowest BCUT2D eigenvalue weighted by molar-refractivity contribution is -0.112. The van der Waals surface area contributed by atoms with Crippen LogP contribution >= 0.6 is 0 Å². The van der Waals surface area contributed by atoms with Crippen molar-refractivity contribution in [2.45, 2.75) is 70.6 Å². The molecule has 0 bridgehead atoms. The number of fused-ring (bicyclic) bond motifs is 2. The molecule has 0 radical (unpaired) electrons. The van der Waals surface area contributed by atoms with Crippen LogP contribution in [0.4, 0.5) is 0 Å². The summed E-state index contributed by atoms with van der Waals surface area (Å²) in [5, 5.41) is 10.5. The minimum atomic E-state index is -0.520. The highest BCUT2D eigenvalue weighted by Gasteiger charge is 2.33. The number of hydrogen-bond acceptors (Lipinski definition) is 3. The van der Waals surface area contributed by atoms with E-state index in [0.717, 1.165) is 30.6 Å². The molecule has 2 saturated carbocycles. The monoisotopic (exact) mass is 366 g/mol. The Morgan fingerprint density at radius 2 is 1.59 bits per heavy atom. The molecule has 2 fully saturated rings. The van der Waals surface area contributed by atoms with E-state index in [4.69, 9.17) is 0 Å². The third-order valence-electron chi connectivity index (χ3n) is 7.13. The van der Waals surface area contributed by atoms with Gasteiger partial charge in [-0.2, -0.15) is 0 Å². The van der Waals surface area contributed by atoms with Crippen LogP contribution in [0.1, 0.15) is 86.6 Å². The van der Waals surface area contributed by atoms with Crippen molar-refractivity contribution in [2.24, 2.45) is 17.8 Å². The van der Waals surface area contributed by atoms with E-state index in [-0.39, 0.29) is 5.76 Å². The Kier molecular flexibility index (Phi) is 5.47. The minimum absolute atomic E-state index is 0.0120. The molecule has 0 aliphatic heterocycles. The Morgan fingerprint density at radius 3 is 2.41 bits per heavy atom. The molecule has 3 aliphatic rings. The van der Waals surface area contributed by atoms with Crippen LogP contribution in [0.5, 0.6) is 0 Å². The summed E-state index contributed by atoms with van der Waals surface area (Å²) in [5.74, 6) is 1.79. The number of carbonyl (C=O) groups excluding carboxylic acids is 2. The highest BCUT2D eigenvalue weighted by molar-refractivity contribution is 6.52. The van der Waals surface area contributed by atoms with Gasteiger partial charge in [0.05, 0.1) is 0 Å². The first kappa shape index (κ1) is 18.5. The SMILES string of the molecule is O=C1C(=O)c2ccccc2C(O)=C1CCCC[C@@H]1CC[C@H]2CCCC[C@@H]2C1. The molecule has 0 saturated heterocycles. The molecule has 3 nitrogen and oxygen atoms in total. The molecule has 0 unspecified atom stereocenters. The summed E-state index contributed by atoms with van der Waals surface area (Å²) >= 11 is 0. The van der Waals surface area contributed by atoms with Gasteiger partial charge in [-0.05, 0) is 43.4 Å². The van der Waals surface area contributed by atoms with E-state index in [2.05, 4.69) is 0 Å². The maximum Gasteiger partial charge on any atom is 0.234 e. The van der Waals surface area contributed by atoms with Gasteiger partial charge in [0.1, 0.15) is 5.76 Å². The molecule has 0 aromatic heterocycles. The Balaban J connectivity index is 1.31. The summed E-state index contributed by atoms with van der Waals surface area (Å²) in [6.45, 7) is 0. The van der Waals surface area contributed by atoms with E-state index >= 15 is 0 Å². The van der Waals surface area contributed by atoms with Crippen LogP contribution in [0, 0.1) is 17.8 Å². The summed E-state index contributed by atoms with van der Waals surface area (Å²) in [6.07, 6.45) is 13.5. The Morgan fingerprint density at radius 1 is 0.852 bits per heavy atom. The van der Waals surface area contributed by atoms with Crippen LogP contribution in [0.2, 0.25) is 0 Å².